The van der Waals surface area contributed by atoms with Gasteiger partial charge in [-0.05, 0) is 0 Å². The molecule has 0 spiro atoms. The SMILES string of the molecule is CC(=O)c1c[se]c(-c2ccc(Cl)cc2)n1. The fourth-order valence-electron chi connectivity index (χ4n) is 1.16. The molecule has 0 radical (unpaired) electrons. The summed E-state index contributed by atoms with van der Waals surface area (Å²) >= 11 is 5.96. The molecule has 0 N–H and O–H groups in total. The van der Waals surface area contributed by atoms with Crippen LogP contribution in [0.25, 0.3) is 10.1 Å². The van der Waals surface area contributed by atoms with Crippen LogP contribution in [0.5, 0.6) is 0 Å². The van der Waals surface area contributed by atoms with Crippen molar-refractivity contribution in [3.8, 4) is 10.1 Å². The van der Waals surface area contributed by atoms with Gasteiger partial charge in [0.1, 0.15) is 0 Å². The van der Waals surface area contributed by atoms with Gasteiger partial charge in [-0.15, -0.1) is 0 Å². The van der Waals surface area contributed by atoms with Crippen LogP contribution < -0.4 is 0 Å². The molecule has 1 aromatic carbocycles. The van der Waals surface area contributed by atoms with Crippen LogP contribution in [0.2, 0.25) is 5.02 Å². The van der Waals surface area contributed by atoms with Gasteiger partial charge in [-0.1, -0.05) is 0 Å². The second-order valence-electron chi connectivity index (χ2n) is 3.10. The van der Waals surface area contributed by atoms with E-state index in [-0.39, 0.29) is 20.3 Å². The minimum atomic E-state index is 0.0286. The van der Waals surface area contributed by atoms with E-state index in [2.05, 4.69) is 4.98 Å². The van der Waals surface area contributed by atoms with Crippen LogP contribution in [0.4, 0.5) is 0 Å². The van der Waals surface area contributed by atoms with Crippen molar-refractivity contribution in [1.29, 1.82) is 0 Å². The number of ketones is 1. The summed E-state index contributed by atoms with van der Waals surface area (Å²) in [4.78, 5) is 17.3. The van der Waals surface area contributed by atoms with E-state index in [1.807, 2.05) is 29.2 Å². The van der Waals surface area contributed by atoms with Crippen LogP contribution in [0.15, 0.2) is 29.2 Å². The first kappa shape index (κ1) is 10.6. The Kier molecular flexibility index (Phi) is 3.05. The van der Waals surface area contributed by atoms with Gasteiger partial charge in [0.2, 0.25) is 0 Å². The van der Waals surface area contributed by atoms with Crippen molar-refractivity contribution in [3.05, 3.63) is 39.9 Å². The number of carbonyl (C=O) groups is 1. The quantitative estimate of drug-likeness (QED) is 0.627. The number of rotatable bonds is 2. The molecule has 0 aliphatic carbocycles. The Bertz CT molecular complexity index is 490. The number of Topliss-reactive ketones (excluding diaryl/α,β-unsaturated/α-hetero) is 1. The fourth-order valence-corrected chi connectivity index (χ4v) is 3.10. The summed E-state index contributed by atoms with van der Waals surface area (Å²) in [6.45, 7) is 1.54. The van der Waals surface area contributed by atoms with Crippen molar-refractivity contribution in [2.75, 3.05) is 0 Å². The summed E-state index contributed by atoms with van der Waals surface area (Å²) in [6.07, 6.45) is 0. The zero-order valence-corrected chi connectivity index (χ0v) is 10.5. The molecule has 0 atom stereocenters. The molecule has 0 aliphatic rings. The van der Waals surface area contributed by atoms with Crippen LogP contribution in [0, 0.1) is 0 Å². The first-order valence-electron chi connectivity index (χ1n) is 4.39. The van der Waals surface area contributed by atoms with E-state index in [1.165, 1.54) is 6.92 Å². The van der Waals surface area contributed by atoms with Gasteiger partial charge in [-0.3, -0.25) is 0 Å². The van der Waals surface area contributed by atoms with Crippen molar-refractivity contribution in [3.63, 3.8) is 0 Å². The van der Waals surface area contributed by atoms with Crippen LogP contribution in [0.1, 0.15) is 17.4 Å². The molecule has 2 nitrogen and oxygen atoms in total. The molecule has 1 aromatic heterocycles. The number of hydrogen-bond acceptors (Lipinski definition) is 2. The summed E-state index contributed by atoms with van der Waals surface area (Å²) in [5, 5.41) is 0.713. The minimum absolute atomic E-state index is 0.0286. The van der Waals surface area contributed by atoms with E-state index in [0.29, 0.717) is 10.7 Å². The van der Waals surface area contributed by atoms with Crippen LogP contribution in [-0.4, -0.2) is 25.3 Å². The molecule has 0 bridgehead atoms. The first-order chi connectivity index (χ1) is 7.16. The van der Waals surface area contributed by atoms with Crippen molar-refractivity contribution in [2.45, 2.75) is 6.92 Å². The van der Waals surface area contributed by atoms with Crippen molar-refractivity contribution < 1.29 is 4.79 Å². The van der Waals surface area contributed by atoms with Gasteiger partial charge in [-0.25, -0.2) is 0 Å². The predicted octanol–water partition coefficient (Wildman–Crippen LogP) is 2.66. The molecule has 76 valence electrons. The normalized spacial score (nSPS) is 10.3. The van der Waals surface area contributed by atoms with Gasteiger partial charge in [0.15, 0.2) is 0 Å². The molecule has 2 rings (SSSR count). The molecule has 0 aliphatic heterocycles. The molecule has 1 heterocycles. The summed E-state index contributed by atoms with van der Waals surface area (Å²) in [6, 6.07) is 7.53. The number of benzene rings is 1. The number of aromatic nitrogens is 1. The van der Waals surface area contributed by atoms with Crippen LogP contribution in [0.3, 0.4) is 0 Å². The van der Waals surface area contributed by atoms with E-state index in [4.69, 9.17) is 11.6 Å². The second-order valence-corrected chi connectivity index (χ2v) is 5.34. The first-order valence-corrected chi connectivity index (χ1v) is 6.61. The fraction of sp³-hybridized carbons (Fsp3) is 0.0909. The van der Waals surface area contributed by atoms with Crippen molar-refractivity contribution in [2.24, 2.45) is 0 Å². The predicted molar refractivity (Wildman–Crippen MR) is 61.6 cm³/mol. The topological polar surface area (TPSA) is 30.0 Å². The molecule has 0 amide bonds. The Morgan fingerprint density at radius 1 is 1.33 bits per heavy atom. The average Bonchev–Trinajstić information content (AvgIpc) is 2.68. The molecule has 0 saturated carbocycles. The van der Waals surface area contributed by atoms with Gasteiger partial charge in [0.25, 0.3) is 0 Å². The summed E-state index contributed by atoms with van der Waals surface area (Å²) in [7, 11) is 0. The van der Waals surface area contributed by atoms with Gasteiger partial charge in [0, 0.05) is 0 Å². The van der Waals surface area contributed by atoms with Gasteiger partial charge >= 0.3 is 98.6 Å². The van der Waals surface area contributed by atoms with Gasteiger partial charge in [0.05, 0.1) is 0 Å². The van der Waals surface area contributed by atoms with Crippen molar-refractivity contribution >= 4 is 31.9 Å². The molecule has 0 unspecified atom stereocenters. The Labute approximate surface area is 98.7 Å². The second kappa shape index (κ2) is 4.31. The summed E-state index contributed by atoms with van der Waals surface area (Å²) < 4.78 is 0.990. The molecule has 0 saturated heterocycles. The monoisotopic (exact) mass is 285 g/mol. The average molecular weight is 285 g/mol. The maximum absolute atomic E-state index is 11.1. The Morgan fingerprint density at radius 3 is 2.53 bits per heavy atom. The molecule has 4 heteroatoms. The van der Waals surface area contributed by atoms with E-state index >= 15 is 0 Å². The molecular weight excluding hydrogens is 277 g/mol. The molecule has 15 heavy (non-hydrogen) atoms. The van der Waals surface area contributed by atoms with Crippen LogP contribution >= 0.6 is 11.6 Å². The zero-order chi connectivity index (χ0) is 10.8. The summed E-state index contributed by atoms with van der Waals surface area (Å²) in [5.74, 6) is 0.0286. The van der Waals surface area contributed by atoms with Crippen molar-refractivity contribution in [1.82, 2.24) is 4.98 Å². The third kappa shape index (κ3) is 2.37. The third-order valence-corrected chi connectivity index (χ3v) is 4.08. The number of halogens is 1. The number of nitrogens with zero attached hydrogens (tertiary/aromatic N) is 1. The molecule has 2 aromatic rings. The summed E-state index contributed by atoms with van der Waals surface area (Å²) in [5.41, 5.74) is 1.63. The third-order valence-electron chi connectivity index (χ3n) is 1.96. The zero-order valence-electron chi connectivity index (χ0n) is 8.03. The van der Waals surface area contributed by atoms with E-state index in [1.54, 1.807) is 0 Å². The Hall–Kier alpha value is -0.891. The van der Waals surface area contributed by atoms with Crippen LogP contribution in [-0.2, 0) is 0 Å². The standard InChI is InChI=1S/C11H8ClNOSe/c1-7(14)10-6-15-11(13-10)8-2-4-9(12)5-3-8/h2-6H,1H3. The molecule has 0 fully saturated rings. The Balaban J connectivity index is 2.37. The van der Waals surface area contributed by atoms with E-state index in [0.717, 1.165) is 10.1 Å². The maximum atomic E-state index is 11.1. The van der Waals surface area contributed by atoms with Gasteiger partial charge < -0.3 is 0 Å². The molecular formula is C11H8ClNOSe. The number of hydrogen-bond donors (Lipinski definition) is 0. The number of carbonyl (C=O) groups excluding carboxylic acids is 1. The van der Waals surface area contributed by atoms with E-state index in [9.17, 15) is 4.79 Å². The van der Waals surface area contributed by atoms with E-state index < -0.39 is 0 Å². The van der Waals surface area contributed by atoms with Gasteiger partial charge in [-0.2, -0.15) is 0 Å². The Morgan fingerprint density at radius 2 is 2.00 bits per heavy atom.